The van der Waals surface area contributed by atoms with Crippen molar-refractivity contribution in [3.8, 4) is 5.75 Å². The molecule has 1 aromatic carbocycles. The van der Waals surface area contributed by atoms with Crippen molar-refractivity contribution in [1.29, 1.82) is 0 Å². The molecule has 0 amide bonds. The Labute approximate surface area is 112 Å². The lowest BCUT2D eigenvalue weighted by atomic mass is 10.2. The number of aromatic nitrogens is 2. The zero-order valence-corrected chi connectivity index (χ0v) is 10.5. The van der Waals surface area contributed by atoms with Crippen molar-refractivity contribution >= 4 is 6.29 Å². The molecule has 0 unspecified atom stereocenters. The van der Waals surface area contributed by atoms with Crippen molar-refractivity contribution in [2.75, 3.05) is 0 Å². The highest BCUT2D eigenvalue weighted by Crippen LogP contribution is 2.28. The molecule has 20 heavy (non-hydrogen) atoms. The number of aldehydes is 1. The fourth-order valence-electron chi connectivity index (χ4n) is 1.59. The minimum atomic E-state index is -4.48. The molecule has 0 saturated carbocycles. The minimum Gasteiger partial charge on any atom is -0.471 e. The van der Waals surface area contributed by atoms with Crippen molar-refractivity contribution in [1.82, 2.24) is 9.78 Å². The molecule has 0 saturated heterocycles. The van der Waals surface area contributed by atoms with Gasteiger partial charge in [0.25, 0.3) is 0 Å². The van der Waals surface area contributed by atoms with E-state index in [4.69, 9.17) is 4.74 Å². The van der Waals surface area contributed by atoms with E-state index in [1.165, 1.54) is 13.0 Å². The zero-order chi connectivity index (χ0) is 14.8. The smallest absolute Gasteiger partial charge is 0.435 e. The van der Waals surface area contributed by atoms with Crippen LogP contribution in [0.15, 0.2) is 30.3 Å². The molecule has 7 heteroatoms. The average molecular weight is 284 g/mol. The van der Waals surface area contributed by atoms with E-state index < -0.39 is 11.9 Å². The Morgan fingerprint density at radius 1 is 1.35 bits per heavy atom. The number of rotatable bonds is 4. The fourth-order valence-corrected chi connectivity index (χ4v) is 1.59. The van der Waals surface area contributed by atoms with E-state index in [2.05, 4.69) is 5.10 Å². The molecule has 0 fully saturated rings. The van der Waals surface area contributed by atoms with Gasteiger partial charge >= 0.3 is 6.18 Å². The van der Waals surface area contributed by atoms with Crippen LogP contribution in [0.5, 0.6) is 5.75 Å². The van der Waals surface area contributed by atoms with E-state index in [-0.39, 0.29) is 6.73 Å². The molecular weight excluding hydrogens is 273 g/mol. The van der Waals surface area contributed by atoms with Gasteiger partial charge in [-0.2, -0.15) is 18.3 Å². The number of aryl methyl sites for hydroxylation is 1. The van der Waals surface area contributed by atoms with Gasteiger partial charge in [-0.25, -0.2) is 4.68 Å². The van der Waals surface area contributed by atoms with E-state index in [1.807, 2.05) is 0 Å². The summed E-state index contributed by atoms with van der Waals surface area (Å²) in [7, 11) is 0. The molecule has 0 radical (unpaired) electrons. The van der Waals surface area contributed by atoms with E-state index >= 15 is 0 Å². The van der Waals surface area contributed by atoms with Crippen molar-refractivity contribution in [2.24, 2.45) is 0 Å². The molecule has 1 aromatic heterocycles. The predicted octanol–water partition coefficient (Wildman–Crippen LogP) is 3.06. The van der Waals surface area contributed by atoms with Crippen LogP contribution in [-0.4, -0.2) is 16.1 Å². The van der Waals surface area contributed by atoms with Crippen molar-refractivity contribution in [2.45, 2.75) is 19.8 Å². The molecule has 0 spiro atoms. The van der Waals surface area contributed by atoms with Gasteiger partial charge in [0.15, 0.2) is 12.4 Å². The third-order valence-corrected chi connectivity index (χ3v) is 2.62. The number of ether oxygens (including phenoxy) is 1. The van der Waals surface area contributed by atoms with Crippen molar-refractivity contribution in [3.05, 3.63) is 47.3 Å². The Hall–Kier alpha value is -2.31. The topological polar surface area (TPSA) is 44.1 Å². The SMILES string of the molecule is Cc1cc(C(F)(F)F)nn1COc1cccc(C=O)c1. The lowest BCUT2D eigenvalue weighted by molar-refractivity contribution is -0.141. The summed E-state index contributed by atoms with van der Waals surface area (Å²) in [6.45, 7) is 1.34. The lowest BCUT2D eigenvalue weighted by Crippen LogP contribution is -2.11. The third-order valence-electron chi connectivity index (χ3n) is 2.62. The van der Waals surface area contributed by atoms with Crippen LogP contribution in [0.25, 0.3) is 0 Å². The Morgan fingerprint density at radius 2 is 2.10 bits per heavy atom. The first-order valence-electron chi connectivity index (χ1n) is 5.70. The van der Waals surface area contributed by atoms with Crippen LogP contribution in [0, 0.1) is 6.92 Å². The number of carbonyl (C=O) groups excluding carboxylic acids is 1. The van der Waals surface area contributed by atoms with E-state index in [0.29, 0.717) is 23.3 Å². The first-order valence-corrected chi connectivity index (χ1v) is 5.70. The number of benzene rings is 1. The maximum absolute atomic E-state index is 12.5. The molecular formula is C13H11F3N2O2. The van der Waals surface area contributed by atoms with E-state index in [9.17, 15) is 18.0 Å². The lowest BCUT2D eigenvalue weighted by Gasteiger charge is -2.08. The van der Waals surface area contributed by atoms with Gasteiger partial charge < -0.3 is 4.74 Å². The number of alkyl halides is 3. The molecule has 0 aliphatic heterocycles. The number of nitrogens with zero attached hydrogens (tertiary/aromatic N) is 2. The highest BCUT2D eigenvalue weighted by atomic mass is 19.4. The number of halogens is 3. The molecule has 0 N–H and O–H groups in total. The van der Waals surface area contributed by atoms with E-state index in [0.717, 1.165) is 10.7 Å². The normalized spacial score (nSPS) is 11.4. The summed E-state index contributed by atoms with van der Waals surface area (Å²) in [6, 6.07) is 7.27. The fraction of sp³-hybridized carbons (Fsp3) is 0.231. The van der Waals surface area contributed by atoms with Crippen molar-refractivity contribution < 1.29 is 22.7 Å². The van der Waals surface area contributed by atoms with Gasteiger partial charge in [0.05, 0.1) is 0 Å². The zero-order valence-electron chi connectivity index (χ0n) is 10.5. The maximum Gasteiger partial charge on any atom is 0.435 e. The Kier molecular flexibility index (Phi) is 3.78. The second-order valence-corrected chi connectivity index (χ2v) is 4.13. The third kappa shape index (κ3) is 3.17. The standard InChI is InChI=1S/C13H11F3N2O2/c1-9-5-12(13(14,15)16)17-18(9)8-20-11-4-2-3-10(6-11)7-19/h2-7H,8H2,1H3. The van der Waals surface area contributed by atoms with Crippen LogP contribution in [0.3, 0.4) is 0 Å². The molecule has 0 atom stereocenters. The van der Waals surface area contributed by atoms with Gasteiger partial charge in [-0.3, -0.25) is 4.79 Å². The van der Waals surface area contributed by atoms with Crippen LogP contribution in [0.2, 0.25) is 0 Å². The van der Waals surface area contributed by atoms with Crippen LogP contribution >= 0.6 is 0 Å². The molecule has 1 heterocycles. The van der Waals surface area contributed by atoms with Crippen LogP contribution in [-0.2, 0) is 12.9 Å². The Bertz CT molecular complexity index is 620. The second-order valence-electron chi connectivity index (χ2n) is 4.13. The summed E-state index contributed by atoms with van der Waals surface area (Å²) in [5.41, 5.74) is -0.195. The molecule has 2 rings (SSSR count). The highest BCUT2D eigenvalue weighted by Gasteiger charge is 2.34. The Morgan fingerprint density at radius 3 is 2.70 bits per heavy atom. The van der Waals surface area contributed by atoms with Gasteiger partial charge in [0.1, 0.15) is 12.0 Å². The molecule has 106 valence electrons. The summed E-state index contributed by atoms with van der Waals surface area (Å²) < 4.78 is 43.9. The monoisotopic (exact) mass is 284 g/mol. The summed E-state index contributed by atoms with van der Waals surface area (Å²) in [5, 5.41) is 3.44. The second kappa shape index (κ2) is 5.36. The van der Waals surface area contributed by atoms with Gasteiger partial charge in [-0.05, 0) is 25.1 Å². The largest absolute Gasteiger partial charge is 0.471 e. The van der Waals surface area contributed by atoms with Crippen LogP contribution in [0.1, 0.15) is 21.7 Å². The van der Waals surface area contributed by atoms with E-state index in [1.54, 1.807) is 18.2 Å². The van der Waals surface area contributed by atoms with Gasteiger partial charge in [-0.1, -0.05) is 12.1 Å². The summed E-state index contributed by atoms with van der Waals surface area (Å²) in [6.07, 6.45) is -3.82. The quantitative estimate of drug-likeness (QED) is 0.810. The summed E-state index contributed by atoms with van der Waals surface area (Å²) in [4.78, 5) is 10.6. The van der Waals surface area contributed by atoms with Crippen LogP contribution < -0.4 is 4.74 Å². The summed E-state index contributed by atoms with van der Waals surface area (Å²) >= 11 is 0. The number of carbonyl (C=O) groups is 1. The predicted molar refractivity (Wildman–Crippen MR) is 64.4 cm³/mol. The number of hydrogen-bond donors (Lipinski definition) is 0. The highest BCUT2D eigenvalue weighted by molar-refractivity contribution is 5.75. The number of hydrogen-bond acceptors (Lipinski definition) is 3. The van der Waals surface area contributed by atoms with Crippen molar-refractivity contribution in [3.63, 3.8) is 0 Å². The van der Waals surface area contributed by atoms with Gasteiger partial charge in [0.2, 0.25) is 0 Å². The molecule has 4 nitrogen and oxygen atoms in total. The molecule has 0 aliphatic carbocycles. The first kappa shape index (κ1) is 14.1. The molecule has 0 bridgehead atoms. The Balaban J connectivity index is 2.11. The van der Waals surface area contributed by atoms with Crippen LogP contribution in [0.4, 0.5) is 13.2 Å². The van der Waals surface area contributed by atoms with Gasteiger partial charge in [-0.15, -0.1) is 0 Å². The van der Waals surface area contributed by atoms with Gasteiger partial charge in [0, 0.05) is 11.3 Å². The maximum atomic E-state index is 12.5. The minimum absolute atomic E-state index is 0.162. The average Bonchev–Trinajstić information content (AvgIpc) is 2.78. The molecule has 0 aliphatic rings. The summed E-state index contributed by atoms with van der Waals surface area (Å²) in [5.74, 6) is 0.387. The molecule has 2 aromatic rings. The first-order chi connectivity index (χ1) is 9.40.